The third-order valence-electron chi connectivity index (χ3n) is 2.91. The predicted molar refractivity (Wildman–Crippen MR) is 85.0 cm³/mol. The molecule has 1 N–H and O–H groups in total. The molecule has 1 heterocycles. The summed E-state index contributed by atoms with van der Waals surface area (Å²) in [6, 6.07) is 5.36. The van der Waals surface area contributed by atoms with Gasteiger partial charge in [0.1, 0.15) is 16.7 Å². The summed E-state index contributed by atoms with van der Waals surface area (Å²) in [5.74, 6) is 1.28. The van der Waals surface area contributed by atoms with E-state index in [1.54, 1.807) is 12.1 Å². The van der Waals surface area contributed by atoms with Gasteiger partial charge in [-0.25, -0.2) is 9.97 Å². The lowest BCUT2D eigenvalue weighted by atomic mass is 10.1. The van der Waals surface area contributed by atoms with E-state index in [9.17, 15) is 0 Å². The third-order valence-corrected chi connectivity index (χ3v) is 3.93. The Kier molecular flexibility index (Phi) is 4.74. The predicted octanol–water partition coefficient (Wildman–Crippen LogP) is 5.23. The monoisotopic (exact) mass is 329 g/mol. The van der Waals surface area contributed by atoms with Gasteiger partial charge in [0.05, 0.1) is 11.7 Å². The highest BCUT2D eigenvalue weighted by molar-refractivity contribution is 6.35. The first kappa shape index (κ1) is 15.4. The summed E-state index contributed by atoms with van der Waals surface area (Å²) in [6.07, 6.45) is 0. The Morgan fingerprint density at radius 3 is 2.45 bits per heavy atom. The zero-order chi connectivity index (χ0) is 14.9. The molecule has 1 aromatic heterocycles. The molecule has 6 heteroatoms. The summed E-state index contributed by atoms with van der Waals surface area (Å²) in [7, 11) is 0. The van der Waals surface area contributed by atoms with Crippen molar-refractivity contribution in [2.45, 2.75) is 26.8 Å². The van der Waals surface area contributed by atoms with Crippen LogP contribution in [0.5, 0.6) is 0 Å². The van der Waals surface area contributed by atoms with Gasteiger partial charge < -0.3 is 5.32 Å². The molecule has 0 fully saturated rings. The van der Waals surface area contributed by atoms with Crippen LogP contribution in [-0.2, 0) is 0 Å². The molecule has 106 valence electrons. The van der Waals surface area contributed by atoms with Gasteiger partial charge >= 0.3 is 0 Å². The molecule has 1 aromatic carbocycles. The molecule has 2 rings (SSSR count). The minimum absolute atomic E-state index is 0.0500. The quantitative estimate of drug-likeness (QED) is 0.837. The van der Waals surface area contributed by atoms with Gasteiger partial charge in [-0.2, -0.15) is 0 Å². The average molecular weight is 331 g/mol. The van der Waals surface area contributed by atoms with Crippen LogP contribution in [-0.4, -0.2) is 9.97 Å². The molecule has 1 unspecified atom stereocenters. The minimum atomic E-state index is -0.0500. The largest absolute Gasteiger partial charge is 0.362 e. The van der Waals surface area contributed by atoms with Crippen molar-refractivity contribution in [1.82, 2.24) is 9.97 Å². The van der Waals surface area contributed by atoms with E-state index in [4.69, 9.17) is 34.8 Å². The SMILES string of the molecule is Cc1nc(C)c(Cl)c(NC(C)c2ccc(Cl)cc2Cl)n1. The summed E-state index contributed by atoms with van der Waals surface area (Å²) in [4.78, 5) is 8.54. The molecule has 3 nitrogen and oxygen atoms in total. The Balaban J connectivity index is 2.30. The molecule has 0 amide bonds. The standard InChI is InChI=1S/C14H14Cl3N3/c1-7(11-5-4-10(15)6-12(11)16)19-14-13(17)8(2)18-9(3)20-14/h4-7H,1-3H3,(H,18,19,20). The Bertz CT molecular complexity index is 644. The lowest BCUT2D eigenvalue weighted by Crippen LogP contribution is -2.10. The number of nitrogens with one attached hydrogen (secondary N) is 1. The molecule has 0 saturated heterocycles. The van der Waals surface area contributed by atoms with E-state index < -0.39 is 0 Å². The fraction of sp³-hybridized carbons (Fsp3) is 0.286. The zero-order valence-corrected chi connectivity index (χ0v) is 13.6. The van der Waals surface area contributed by atoms with Crippen molar-refractivity contribution in [1.29, 1.82) is 0 Å². The van der Waals surface area contributed by atoms with Crippen LogP contribution < -0.4 is 5.32 Å². The minimum Gasteiger partial charge on any atom is -0.362 e. The first-order valence-electron chi connectivity index (χ1n) is 6.10. The van der Waals surface area contributed by atoms with E-state index in [2.05, 4.69) is 15.3 Å². The van der Waals surface area contributed by atoms with E-state index in [1.807, 2.05) is 26.8 Å². The number of anilines is 1. The van der Waals surface area contributed by atoms with Crippen LogP contribution in [0.1, 0.15) is 30.0 Å². The van der Waals surface area contributed by atoms with E-state index in [1.165, 1.54) is 0 Å². The second-order valence-corrected chi connectivity index (χ2v) is 5.77. The summed E-state index contributed by atoms with van der Waals surface area (Å²) < 4.78 is 0. The lowest BCUT2D eigenvalue weighted by molar-refractivity contribution is 0.864. The number of benzene rings is 1. The second kappa shape index (κ2) is 6.17. The van der Waals surface area contributed by atoms with Gasteiger partial charge in [-0.1, -0.05) is 40.9 Å². The Labute approximate surface area is 133 Å². The molecule has 2 aromatic rings. The van der Waals surface area contributed by atoms with Gasteiger partial charge in [-0.05, 0) is 38.5 Å². The zero-order valence-electron chi connectivity index (χ0n) is 11.3. The highest BCUT2D eigenvalue weighted by Gasteiger charge is 2.14. The summed E-state index contributed by atoms with van der Waals surface area (Å²) >= 11 is 18.3. The van der Waals surface area contributed by atoms with Crippen molar-refractivity contribution in [2.75, 3.05) is 5.32 Å². The lowest BCUT2D eigenvalue weighted by Gasteiger charge is -2.18. The van der Waals surface area contributed by atoms with Gasteiger partial charge in [-0.15, -0.1) is 0 Å². The Morgan fingerprint density at radius 1 is 1.10 bits per heavy atom. The Morgan fingerprint density at radius 2 is 1.80 bits per heavy atom. The van der Waals surface area contributed by atoms with Crippen molar-refractivity contribution in [3.8, 4) is 0 Å². The molecule has 20 heavy (non-hydrogen) atoms. The molecule has 1 atom stereocenters. The van der Waals surface area contributed by atoms with Crippen molar-refractivity contribution >= 4 is 40.6 Å². The molecule has 0 bridgehead atoms. The molecule has 0 saturated carbocycles. The third kappa shape index (κ3) is 3.35. The topological polar surface area (TPSA) is 37.8 Å². The molecule has 0 spiro atoms. The maximum absolute atomic E-state index is 6.22. The van der Waals surface area contributed by atoms with Crippen LogP contribution in [0, 0.1) is 13.8 Å². The van der Waals surface area contributed by atoms with E-state index in [0.717, 1.165) is 11.3 Å². The summed E-state index contributed by atoms with van der Waals surface area (Å²) in [5, 5.41) is 5.00. The second-order valence-electron chi connectivity index (χ2n) is 4.55. The van der Waals surface area contributed by atoms with Crippen LogP contribution in [0.25, 0.3) is 0 Å². The van der Waals surface area contributed by atoms with Crippen molar-refractivity contribution in [2.24, 2.45) is 0 Å². The van der Waals surface area contributed by atoms with Crippen molar-refractivity contribution in [3.63, 3.8) is 0 Å². The first-order chi connectivity index (χ1) is 9.38. The fourth-order valence-electron chi connectivity index (χ4n) is 1.93. The number of aromatic nitrogens is 2. The summed E-state index contributed by atoms with van der Waals surface area (Å²) in [5.41, 5.74) is 1.68. The number of hydrogen-bond acceptors (Lipinski definition) is 3. The first-order valence-corrected chi connectivity index (χ1v) is 7.24. The van der Waals surface area contributed by atoms with Crippen LogP contribution in [0.15, 0.2) is 18.2 Å². The number of hydrogen-bond donors (Lipinski definition) is 1. The number of aryl methyl sites for hydroxylation is 2. The molecule has 0 aliphatic heterocycles. The van der Waals surface area contributed by atoms with Crippen LogP contribution in [0.3, 0.4) is 0 Å². The van der Waals surface area contributed by atoms with Gasteiger partial charge in [0.15, 0.2) is 0 Å². The van der Waals surface area contributed by atoms with Gasteiger partial charge in [0, 0.05) is 10.0 Å². The van der Waals surface area contributed by atoms with Gasteiger partial charge in [0.2, 0.25) is 0 Å². The van der Waals surface area contributed by atoms with Crippen molar-refractivity contribution in [3.05, 3.63) is 50.3 Å². The molecular formula is C14H14Cl3N3. The smallest absolute Gasteiger partial charge is 0.149 e. The highest BCUT2D eigenvalue weighted by atomic mass is 35.5. The fourth-order valence-corrected chi connectivity index (χ4v) is 2.64. The highest BCUT2D eigenvalue weighted by Crippen LogP contribution is 2.30. The molecule has 0 aliphatic carbocycles. The number of halogens is 3. The molecule has 0 radical (unpaired) electrons. The normalized spacial score (nSPS) is 12.3. The van der Waals surface area contributed by atoms with E-state index in [-0.39, 0.29) is 6.04 Å². The maximum atomic E-state index is 6.22. The molecular weight excluding hydrogens is 317 g/mol. The average Bonchev–Trinajstić information content (AvgIpc) is 2.35. The number of nitrogens with zero attached hydrogens (tertiary/aromatic N) is 2. The van der Waals surface area contributed by atoms with Crippen molar-refractivity contribution < 1.29 is 0 Å². The van der Waals surface area contributed by atoms with E-state index >= 15 is 0 Å². The van der Waals surface area contributed by atoms with Gasteiger partial charge in [0.25, 0.3) is 0 Å². The van der Waals surface area contributed by atoms with E-state index in [0.29, 0.717) is 26.7 Å². The van der Waals surface area contributed by atoms with Gasteiger partial charge in [-0.3, -0.25) is 0 Å². The van der Waals surface area contributed by atoms with Crippen LogP contribution >= 0.6 is 34.8 Å². The molecule has 0 aliphatic rings. The number of rotatable bonds is 3. The maximum Gasteiger partial charge on any atom is 0.149 e. The summed E-state index contributed by atoms with van der Waals surface area (Å²) in [6.45, 7) is 5.66. The Hall–Kier alpha value is -1.03. The van der Waals surface area contributed by atoms with Crippen LogP contribution in [0.4, 0.5) is 5.82 Å². The van der Waals surface area contributed by atoms with Crippen LogP contribution in [0.2, 0.25) is 15.1 Å².